The van der Waals surface area contributed by atoms with E-state index in [-0.39, 0.29) is 0 Å². The first-order chi connectivity index (χ1) is 12.8. The van der Waals surface area contributed by atoms with E-state index in [1.807, 2.05) is 47.8 Å². The maximum Gasteiger partial charge on any atom is 0.277 e. The van der Waals surface area contributed by atoms with Crippen LogP contribution in [0.15, 0.2) is 69.6 Å². The third kappa shape index (κ3) is 3.95. The summed E-state index contributed by atoms with van der Waals surface area (Å²) >= 11 is 3.08. The van der Waals surface area contributed by atoms with E-state index in [1.54, 1.807) is 11.3 Å². The fraction of sp³-hybridized carbons (Fsp3) is 0.105. The number of rotatable bonds is 6. The largest absolute Gasteiger partial charge is 0.411 e. The van der Waals surface area contributed by atoms with Crippen LogP contribution < -0.4 is 5.32 Å². The third-order valence-corrected chi connectivity index (χ3v) is 5.37. The molecule has 1 N–H and O–H groups in total. The van der Waals surface area contributed by atoms with Crippen molar-refractivity contribution in [3.8, 4) is 11.5 Å². The average molecular weight is 380 g/mol. The Kier molecular flexibility index (Phi) is 4.99. The van der Waals surface area contributed by atoms with Crippen molar-refractivity contribution >= 4 is 33.9 Å². The van der Waals surface area contributed by atoms with Crippen molar-refractivity contribution in [2.75, 3.05) is 5.32 Å². The van der Waals surface area contributed by atoms with Gasteiger partial charge in [0.15, 0.2) is 5.13 Å². The van der Waals surface area contributed by atoms with Crippen LogP contribution in [0.3, 0.4) is 0 Å². The molecule has 0 aliphatic heterocycles. The van der Waals surface area contributed by atoms with Gasteiger partial charge in [0.25, 0.3) is 5.22 Å². The van der Waals surface area contributed by atoms with Crippen LogP contribution in [0.5, 0.6) is 0 Å². The maximum atomic E-state index is 5.71. The lowest BCUT2D eigenvalue weighted by atomic mass is 10.2. The summed E-state index contributed by atoms with van der Waals surface area (Å²) in [5, 5.41) is 15.0. The second kappa shape index (κ2) is 7.72. The summed E-state index contributed by atoms with van der Waals surface area (Å²) in [7, 11) is 0. The highest BCUT2D eigenvalue weighted by atomic mass is 32.2. The van der Waals surface area contributed by atoms with Crippen molar-refractivity contribution in [1.29, 1.82) is 0 Å². The Balaban J connectivity index is 1.38. The van der Waals surface area contributed by atoms with Gasteiger partial charge in [0.05, 0.1) is 5.69 Å². The summed E-state index contributed by atoms with van der Waals surface area (Å²) in [5.74, 6) is 1.22. The number of aryl methyl sites for hydroxylation is 1. The lowest BCUT2D eigenvalue weighted by Gasteiger charge is -2.05. The average Bonchev–Trinajstić information content (AvgIpc) is 3.32. The van der Waals surface area contributed by atoms with Gasteiger partial charge in [-0.15, -0.1) is 21.5 Å². The number of para-hydroxylation sites is 1. The molecule has 7 heteroatoms. The molecule has 0 unspecified atom stereocenters. The van der Waals surface area contributed by atoms with E-state index >= 15 is 0 Å². The lowest BCUT2D eigenvalue weighted by molar-refractivity contribution is 0.466. The summed E-state index contributed by atoms with van der Waals surface area (Å²) < 4.78 is 5.71. The fourth-order valence-electron chi connectivity index (χ4n) is 2.36. The molecule has 0 bridgehead atoms. The van der Waals surface area contributed by atoms with E-state index in [0.717, 1.165) is 22.1 Å². The Morgan fingerprint density at radius 1 is 1.04 bits per heavy atom. The number of nitrogens with one attached hydrogen (secondary N) is 1. The summed E-state index contributed by atoms with van der Waals surface area (Å²) in [4.78, 5) is 4.62. The second-order valence-electron chi connectivity index (χ2n) is 5.61. The molecule has 2 heterocycles. The van der Waals surface area contributed by atoms with Crippen LogP contribution in [0, 0.1) is 6.92 Å². The summed E-state index contributed by atoms with van der Waals surface area (Å²) in [5.41, 5.74) is 4.17. The normalized spacial score (nSPS) is 10.8. The van der Waals surface area contributed by atoms with Crippen LogP contribution in [0.4, 0.5) is 10.8 Å². The minimum Gasteiger partial charge on any atom is -0.411 e. The molecule has 0 atom stereocenters. The van der Waals surface area contributed by atoms with Crippen LogP contribution >= 0.6 is 23.1 Å². The Hall–Kier alpha value is -2.64. The summed E-state index contributed by atoms with van der Waals surface area (Å²) in [6.07, 6.45) is 0. The van der Waals surface area contributed by atoms with Crippen molar-refractivity contribution in [3.05, 3.63) is 71.2 Å². The number of nitrogens with zero attached hydrogens (tertiary/aromatic N) is 3. The van der Waals surface area contributed by atoms with E-state index in [2.05, 4.69) is 39.6 Å². The van der Waals surface area contributed by atoms with Crippen molar-refractivity contribution in [2.45, 2.75) is 17.9 Å². The zero-order chi connectivity index (χ0) is 17.8. The van der Waals surface area contributed by atoms with Gasteiger partial charge in [-0.2, -0.15) is 0 Å². The SMILES string of the molecule is Cc1ccccc1Nc1nc(CSc2nnc(-c3ccccc3)o2)cs1. The van der Waals surface area contributed by atoms with Crippen LogP contribution in [0.1, 0.15) is 11.3 Å². The molecule has 0 radical (unpaired) electrons. The Morgan fingerprint density at radius 2 is 1.85 bits per heavy atom. The highest BCUT2D eigenvalue weighted by Gasteiger charge is 2.10. The summed E-state index contributed by atoms with van der Waals surface area (Å²) in [6, 6.07) is 17.9. The van der Waals surface area contributed by atoms with Crippen LogP contribution in [-0.4, -0.2) is 15.2 Å². The van der Waals surface area contributed by atoms with E-state index in [0.29, 0.717) is 16.9 Å². The molecule has 2 aromatic heterocycles. The van der Waals surface area contributed by atoms with E-state index in [1.165, 1.54) is 17.3 Å². The number of thiazole rings is 1. The number of hydrogen-bond acceptors (Lipinski definition) is 7. The van der Waals surface area contributed by atoms with E-state index < -0.39 is 0 Å². The molecule has 0 fully saturated rings. The van der Waals surface area contributed by atoms with Crippen molar-refractivity contribution in [3.63, 3.8) is 0 Å². The van der Waals surface area contributed by atoms with Gasteiger partial charge in [0, 0.05) is 22.4 Å². The van der Waals surface area contributed by atoms with Crippen LogP contribution in [0.2, 0.25) is 0 Å². The predicted molar refractivity (Wildman–Crippen MR) is 106 cm³/mol. The van der Waals surface area contributed by atoms with Gasteiger partial charge in [-0.25, -0.2) is 4.98 Å². The van der Waals surface area contributed by atoms with Crippen LogP contribution in [0.25, 0.3) is 11.5 Å². The minimum atomic E-state index is 0.535. The summed E-state index contributed by atoms with van der Waals surface area (Å²) in [6.45, 7) is 2.08. The highest BCUT2D eigenvalue weighted by Crippen LogP contribution is 2.28. The van der Waals surface area contributed by atoms with E-state index in [9.17, 15) is 0 Å². The third-order valence-electron chi connectivity index (χ3n) is 3.71. The quantitative estimate of drug-likeness (QED) is 0.443. The maximum absolute atomic E-state index is 5.71. The molecule has 26 heavy (non-hydrogen) atoms. The molecule has 0 aliphatic rings. The molecule has 4 aromatic rings. The first kappa shape index (κ1) is 16.8. The zero-order valence-corrected chi connectivity index (χ0v) is 15.7. The lowest BCUT2D eigenvalue weighted by Crippen LogP contribution is -1.92. The molecule has 0 saturated carbocycles. The molecule has 0 aliphatic carbocycles. The molecule has 2 aromatic carbocycles. The van der Waals surface area contributed by atoms with Gasteiger partial charge in [0.2, 0.25) is 5.89 Å². The van der Waals surface area contributed by atoms with Gasteiger partial charge in [-0.1, -0.05) is 48.2 Å². The minimum absolute atomic E-state index is 0.535. The topological polar surface area (TPSA) is 63.8 Å². The zero-order valence-electron chi connectivity index (χ0n) is 14.0. The van der Waals surface area contributed by atoms with Crippen LogP contribution in [-0.2, 0) is 5.75 Å². The number of aromatic nitrogens is 3. The van der Waals surface area contributed by atoms with Crippen molar-refractivity contribution in [1.82, 2.24) is 15.2 Å². The second-order valence-corrected chi connectivity index (χ2v) is 7.40. The molecule has 5 nitrogen and oxygen atoms in total. The first-order valence-corrected chi connectivity index (χ1v) is 9.93. The number of thioether (sulfide) groups is 1. The molecule has 4 rings (SSSR count). The smallest absolute Gasteiger partial charge is 0.277 e. The standard InChI is InChI=1S/C19H16N4OS2/c1-13-7-5-6-10-16(13)21-18-20-15(11-25-18)12-26-19-23-22-17(24-19)14-8-3-2-4-9-14/h2-11H,12H2,1H3,(H,20,21). The van der Waals surface area contributed by atoms with Gasteiger partial charge in [-0.05, 0) is 30.7 Å². The predicted octanol–water partition coefficient (Wildman–Crippen LogP) is 5.54. The highest BCUT2D eigenvalue weighted by molar-refractivity contribution is 7.98. The number of benzene rings is 2. The number of hydrogen-bond donors (Lipinski definition) is 1. The van der Waals surface area contributed by atoms with Gasteiger partial charge in [-0.3, -0.25) is 0 Å². The Bertz CT molecular complexity index is 997. The molecular weight excluding hydrogens is 364 g/mol. The van der Waals surface area contributed by atoms with Crippen molar-refractivity contribution < 1.29 is 4.42 Å². The first-order valence-electron chi connectivity index (χ1n) is 8.07. The monoisotopic (exact) mass is 380 g/mol. The molecule has 0 amide bonds. The molecule has 0 saturated heterocycles. The fourth-order valence-corrected chi connectivity index (χ4v) is 3.84. The number of anilines is 2. The van der Waals surface area contributed by atoms with Gasteiger partial charge in [0.1, 0.15) is 0 Å². The molecular formula is C19H16N4OS2. The molecule has 0 spiro atoms. The van der Waals surface area contributed by atoms with Gasteiger partial charge >= 0.3 is 0 Å². The Labute approximate surface area is 159 Å². The van der Waals surface area contributed by atoms with E-state index in [4.69, 9.17) is 4.42 Å². The Morgan fingerprint density at radius 3 is 2.69 bits per heavy atom. The van der Waals surface area contributed by atoms with Crippen molar-refractivity contribution in [2.24, 2.45) is 0 Å². The molecule has 130 valence electrons. The van der Waals surface area contributed by atoms with Gasteiger partial charge < -0.3 is 9.73 Å².